The van der Waals surface area contributed by atoms with Crippen LogP contribution in [0.1, 0.15) is 26.2 Å². The van der Waals surface area contributed by atoms with Gasteiger partial charge in [0.2, 0.25) is 0 Å². The number of fused-ring (bicyclic) bond motifs is 1. The fraction of sp³-hybridized carbons (Fsp3) is 0.500. The zero-order chi connectivity index (χ0) is 17.2. The maximum Gasteiger partial charge on any atom is 0.186 e. The Kier molecular flexibility index (Phi) is 4.67. The lowest BCUT2D eigenvalue weighted by atomic mass is 10.1. The van der Waals surface area contributed by atoms with Gasteiger partial charge in [0.15, 0.2) is 11.5 Å². The second-order valence-electron chi connectivity index (χ2n) is 6.76. The number of ether oxygens (including phenoxy) is 1. The molecule has 0 N–H and O–H groups in total. The van der Waals surface area contributed by atoms with Gasteiger partial charge in [0.25, 0.3) is 0 Å². The van der Waals surface area contributed by atoms with E-state index in [0.29, 0.717) is 12.6 Å². The molecule has 4 rings (SSSR count). The molecule has 0 aromatic carbocycles. The van der Waals surface area contributed by atoms with Crippen molar-refractivity contribution in [2.75, 3.05) is 25.2 Å². The maximum absolute atomic E-state index is 5.34. The van der Waals surface area contributed by atoms with Gasteiger partial charge in [-0.1, -0.05) is 6.92 Å². The average Bonchev–Trinajstić information content (AvgIpc) is 3.35. The van der Waals surface area contributed by atoms with Crippen molar-refractivity contribution in [2.45, 2.75) is 32.2 Å². The highest BCUT2D eigenvalue weighted by Crippen LogP contribution is 2.31. The van der Waals surface area contributed by atoms with E-state index in [0.717, 1.165) is 35.3 Å². The standard InChI is InChI=1S/C18H23N5OS/c1-13-3-4-15(11-13)22(8-9-24-2)17-6-5-16-19-20-18(23(16)21-17)14-7-10-25-12-14/h5-7,10,12-13,15H,3-4,8-9,11H2,1-2H3. The molecule has 0 spiro atoms. The van der Waals surface area contributed by atoms with Crippen molar-refractivity contribution >= 4 is 22.8 Å². The summed E-state index contributed by atoms with van der Waals surface area (Å²) in [7, 11) is 1.75. The maximum atomic E-state index is 5.34. The van der Waals surface area contributed by atoms with E-state index in [2.05, 4.69) is 39.5 Å². The van der Waals surface area contributed by atoms with Crippen LogP contribution in [0, 0.1) is 5.92 Å². The largest absolute Gasteiger partial charge is 0.383 e. The first-order valence-corrected chi connectivity index (χ1v) is 9.71. The Balaban J connectivity index is 1.71. The third-order valence-corrected chi connectivity index (χ3v) is 5.65. The molecule has 2 unspecified atom stereocenters. The summed E-state index contributed by atoms with van der Waals surface area (Å²) in [6, 6.07) is 6.64. The van der Waals surface area contributed by atoms with E-state index in [4.69, 9.17) is 9.84 Å². The molecule has 1 fully saturated rings. The van der Waals surface area contributed by atoms with Gasteiger partial charge in [-0.3, -0.25) is 0 Å². The summed E-state index contributed by atoms with van der Waals surface area (Å²) in [5.74, 6) is 2.54. The van der Waals surface area contributed by atoms with Crippen LogP contribution in [0.15, 0.2) is 29.0 Å². The van der Waals surface area contributed by atoms with Crippen molar-refractivity contribution < 1.29 is 4.74 Å². The number of nitrogens with zero attached hydrogens (tertiary/aromatic N) is 5. The first kappa shape index (κ1) is 16.5. The van der Waals surface area contributed by atoms with Gasteiger partial charge in [0.1, 0.15) is 5.82 Å². The fourth-order valence-corrected chi connectivity index (χ4v) is 4.27. The van der Waals surface area contributed by atoms with E-state index >= 15 is 0 Å². The molecule has 1 saturated carbocycles. The molecule has 3 aromatic heterocycles. The van der Waals surface area contributed by atoms with Gasteiger partial charge in [-0.05, 0) is 48.8 Å². The molecular formula is C18H23N5OS. The quantitative estimate of drug-likeness (QED) is 0.676. The van der Waals surface area contributed by atoms with Gasteiger partial charge < -0.3 is 9.64 Å². The van der Waals surface area contributed by atoms with E-state index in [-0.39, 0.29) is 0 Å². The van der Waals surface area contributed by atoms with Gasteiger partial charge in [0.05, 0.1) is 6.61 Å². The van der Waals surface area contributed by atoms with Crippen molar-refractivity contribution in [1.82, 2.24) is 19.8 Å². The number of aromatic nitrogens is 4. The Morgan fingerprint density at radius 1 is 1.28 bits per heavy atom. The van der Waals surface area contributed by atoms with Crippen LogP contribution in [-0.4, -0.2) is 46.1 Å². The lowest BCUT2D eigenvalue weighted by Crippen LogP contribution is -2.37. The van der Waals surface area contributed by atoms with Crippen molar-refractivity contribution in [3.8, 4) is 11.4 Å². The number of anilines is 1. The molecule has 3 heterocycles. The summed E-state index contributed by atoms with van der Waals surface area (Å²) in [6.07, 6.45) is 3.70. The monoisotopic (exact) mass is 357 g/mol. The highest BCUT2D eigenvalue weighted by molar-refractivity contribution is 7.08. The molecule has 3 aromatic rings. The second-order valence-corrected chi connectivity index (χ2v) is 7.54. The smallest absolute Gasteiger partial charge is 0.186 e. The van der Waals surface area contributed by atoms with E-state index in [1.807, 2.05) is 16.0 Å². The number of thiophene rings is 1. The van der Waals surface area contributed by atoms with Crippen molar-refractivity contribution in [2.24, 2.45) is 5.92 Å². The van der Waals surface area contributed by atoms with Crippen molar-refractivity contribution in [3.63, 3.8) is 0 Å². The molecule has 1 aliphatic carbocycles. The molecule has 0 radical (unpaired) electrons. The third kappa shape index (κ3) is 3.26. The van der Waals surface area contributed by atoms with Crippen LogP contribution in [0.5, 0.6) is 0 Å². The molecular weight excluding hydrogens is 334 g/mol. The van der Waals surface area contributed by atoms with E-state index in [1.54, 1.807) is 18.4 Å². The summed E-state index contributed by atoms with van der Waals surface area (Å²) >= 11 is 1.65. The summed E-state index contributed by atoms with van der Waals surface area (Å²) < 4.78 is 7.19. The van der Waals surface area contributed by atoms with Gasteiger partial charge in [-0.25, -0.2) is 0 Å². The fourth-order valence-electron chi connectivity index (χ4n) is 3.64. The minimum absolute atomic E-state index is 0.524. The van der Waals surface area contributed by atoms with Gasteiger partial charge in [0, 0.05) is 30.6 Å². The first-order valence-electron chi connectivity index (χ1n) is 8.77. The van der Waals surface area contributed by atoms with Crippen LogP contribution in [0.2, 0.25) is 0 Å². The number of rotatable bonds is 6. The normalized spacial score (nSPS) is 20.4. The van der Waals surface area contributed by atoms with Crippen LogP contribution >= 0.6 is 11.3 Å². The lowest BCUT2D eigenvalue weighted by Gasteiger charge is -2.30. The second kappa shape index (κ2) is 7.09. The highest BCUT2D eigenvalue weighted by Gasteiger charge is 2.28. The molecule has 7 heteroatoms. The Labute approximate surface area is 151 Å². The van der Waals surface area contributed by atoms with Crippen molar-refractivity contribution in [3.05, 3.63) is 29.0 Å². The zero-order valence-electron chi connectivity index (χ0n) is 14.6. The Hall–Kier alpha value is -1.99. The molecule has 0 saturated heterocycles. The molecule has 0 bridgehead atoms. The van der Waals surface area contributed by atoms with Gasteiger partial charge in [-0.2, -0.15) is 15.9 Å². The van der Waals surface area contributed by atoms with Gasteiger partial charge >= 0.3 is 0 Å². The van der Waals surface area contributed by atoms with Crippen LogP contribution in [0.3, 0.4) is 0 Å². The van der Waals surface area contributed by atoms with Crippen LogP contribution in [0.25, 0.3) is 17.0 Å². The number of hydrogen-bond donors (Lipinski definition) is 0. The lowest BCUT2D eigenvalue weighted by molar-refractivity contribution is 0.202. The predicted octanol–water partition coefficient (Wildman–Crippen LogP) is 3.49. The Bertz CT molecular complexity index is 831. The SMILES string of the molecule is COCCN(c1ccc2nnc(-c3ccsc3)n2n1)C1CCC(C)C1. The molecule has 0 amide bonds. The molecule has 132 valence electrons. The Morgan fingerprint density at radius 2 is 2.20 bits per heavy atom. The van der Waals surface area contributed by atoms with Crippen LogP contribution < -0.4 is 4.90 Å². The summed E-state index contributed by atoms with van der Waals surface area (Å²) in [5, 5.41) is 17.6. The van der Waals surface area contributed by atoms with Crippen LogP contribution in [-0.2, 0) is 4.74 Å². The summed E-state index contributed by atoms with van der Waals surface area (Å²) in [6.45, 7) is 3.88. The average molecular weight is 357 g/mol. The molecule has 25 heavy (non-hydrogen) atoms. The third-order valence-electron chi connectivity index (χ3n) is 4.97. The first-order chi connectivity index (χ1) is 12.3. The minimum atomic E-state index is 0.524. The van der Waals surface area contributed by atoms with Crippen molar-refractivity contribution in [1.29, 1.82) is 0 Å². The van der Waals surface area contributed by atoms with Crippen LogP contribution in [0.4, 0.5) is 5.82 Å². The summed E-state index contributed by atoms with van der Waals surface area (Å²) in [5.41, 5.74) is 1.83. The number of hydrogen-bond acceptors (Lipinski definition) is 6. The molecule has 6 nitrogen and oxygen atoms in total. The molecule has 0 aliphatic heterocycles. The van der Waals surface area contributed by atoms with Gasteiger partial charge in [-0.15, -0.1) is 15.3 Å². The molecule has 1 aliphatic rings. The van der Waals surface area contributed by atoms with E-state index in [9.17, 15) is 0 Å². The zero-order valence-corrected chi connectivity index (χ0v) is 15.4. The predicted molar refractivity (Wildman–Crippen MR) is 100 cm³/mol. The molecule has 2 atom stereocenters. The van der Waals surface area contributed by atoms with E-state index in [1.165, 1.54) is 19.3 Å². The topological polar surface area (TPSA) is 55.5 Å². The Morgan fingerprint density at radius 3 is 2.92 bits per heavy atom. The van der Waals surface area contributed by atoms with E-state index < -0.39 is 0 Å². The summed E-state index contributed by atoms with van der Waals surface area (Å²) in [4.78, 5) is 2.39. The minimum Gasteiger partial charge on any atom is -0.383 e. The highest BCUT2D eigenvalue weighted by atomic mass is 32.1. The number of methoxy groups -OCH3 is 1.